The zero-order valence-corrected chi connectivity index (χ0v) is 10.6. The molecule has 1 aromatic carbocycles. The lowest BCUT2D eigenvalue weighted by molar-refractivity contribution is 0.0948. The highest BCUT2D eigenvalue weighted by Crippen LogP contribution is 2.09. The Kier molecular flexibility index (Phi) is 4.18. The third-order valence-electron chi connectivity index (χ3n) is 2.72. The Morgan fingerprint density at radius 1 is 1.37 bits per heavy atom. The molecule has 19 heavy (non-hydrogen) atoms. The fourth-order valence-corrected chi connectivity index (χ4v) is 1.69. The van der Waals surface area contributed by atoms with E-state index in [1.165, 1.54) is 24.7 Å². The topological polar surface area (TPSA) is 54.9 Å². The van der Waals surface area contributed by atoms with Crippen molar-refractivity contribution in [2.45, 2.75) is 13.3 Å². The van der Waals surface area contributed by atoms with Gasteiger partial charge in [-0.3, -0.25) is 9.78 Å². The maximum absolute atomic E-state index is 13.1. The Morgan fingerprint density at radius 3 is 2.89 bits per heavy atom. The number of nitrogens with one attached hydrogen (secondary N) is 1. The number of carbonyl (C=O) groups excluding carboxylic acids is 1. The van der Waals surface area contributed by atoms with Gasteiger partial charge in [-0.25, -0.2) is 9.37 Å². The molecule has 1 aromatic heterocycles. The predicted octanol–water partition coefficient (Wildman–Crippen LogP) is 1.90. The summed E-state index contributed by atoms with van der Waals surface area (Å²) in [6, 6.07) is 4.94. The van der Waals surface area contributed by atoms with Crippen LogP contribution < -0.4 is 5.32 Å². The Hall–Kier alpha value is -2.30. The molecule has 98 valence electrons. The first-order valence-corrected chi connectivity index (χ1v) is 5.96. The summed E-state index contributed by atoms with van der Waals surface area (Å²) in [6.07, 6.45) is 5.04. The minimum absolute atomic E-state index is 0.215. The van der Waals surface area contributed by atoms with Crippen molar-refractivity contribution in [3.05, 3.63) is 59.4 Å². The zero-order chi connectivity index (χ0) is 13.7. The second-order valence-corrected chi connectivity index (χ2v) is 4.18. The normalized spacial score (nSPS) is 10.2. The highest BCUT2D eigenvalue weighted by molar-refractivity contribution is 5.91. The van der Waals surface area contributed by atoms with Crippen molar-refractivity contribution < 1.29 is 9.18 Å². The first-order valence-electron chi connectivity index (χ1n) is 5.96. The average Bonchev–Trinajstić information content (AvgIpc) is 2.43. The third-order valence-corrected chi connectivity index (χ3v) is 2.72. The van der Waals surface area contributed by atoms with Gasteiger partial charge in [-0.15, -0.1) is 0 Å². The van der Waals surface area contributed by atoms with Gasteiger partial charge in [0.05, 0.1) is 6.20 Å². The molecule has 1 N–H and O–H groups in total. The lowest BCUT2D eigenvalue weighted by Gasteiger charge is -2.05. The fraction of sp³-hybridized carbons (Fsp3) is 0.214. The van der Waals surface area contributed by atoms with Gasteiger partial charge >= 0.3 is 0 Å². The smallest absolute Gasteiger partial charge is 0.271 e. The monoisotopic (exact) mass is 259 g/mol. The molecule has 2 rings (SSSR count). The first-order chi connectivity index (χ1) is 9.16. The zero-order valence-electron chi connectivity index (χ0n) is 10.6. The number of benzene rings is 1. The summed E-state index contributed by atoms with van der Waals surface area (Å²) in [5, 5.41) is 2.75. The molecule has 0 saturated heterocycles. The molecule has 1 heterocycles. The maximum atomic E-state index is 13.1. The Labute approximate surface area is 110 Å². The molecule has 0 spiro atoms. The molecule has 0 aliphatic heterocycles. The second-order valence-electron chi connectivity index (χ2n) is 4.18. The van der Waals surface area contributed by atoms with Crippen molar-refractivity contribution in [2.75, 3.05) is 6.54 Å². The van der Waals surface area contributed by atoms with E-state index in [1.54, 1.807) is 19.1 Å². The molecule has 0 aliphatic carbocycles. The van der Waals surface area contributed by atoms with Crippen molar-refractivity contribution in [1.82, 2.24) is 15.3 Å². The quantitative estimate of drug-likeness (QED) is 0.912. The van der Waals surface area contributed by atoms with Crippen LogP contribution in [0.5, 0.6) is 0 Å². The van der Waals surface area contributed by atoms with Crippen molar-refractivity contribution in [3.8, 4) is 0 Å². The number of aryl methyl sites for hydroxylation is 1. The molecule has 0 saturated carbocycles. The van der Waals surface area contributed by atoms with Crippen LogP contribution in [-0.2, 0) is 6.42 Å². The van der Waals surface area contributed by atoms with E-state index in [2.05, 4.69) is 15.3 Å². The van der Waals surface area contributed by atoms with E-state index in [-0.39, 0.29) is 17.4 Å². The van der Waals surface area contributed by atoms with Gasteiger partial charge in [0.25, 0.3) is 5.91 Å². The van der Waals surface area contributed by atoms with Crippen molar-refractivity contribution in [3.63, 3.8) is 0 Å². The maximum Gasteiger partial charge on any atom is 0.271 e. The number of hydrogen-bond donors (Lipinski definition) is 1. The molecule has 4 nitrogen and oxygen atoms in total. The second kappa shape index (κ2) is 6.04. The Morgan fingerprint density at radius 2 is 2.21 bits per heavy atom. The molecular formula is C14H14FN3O. The summed E-state index contributed by atoms with van der Waals surface area (Å²) < 4.78 is 13.1. The van der Waals surface area contributed by atoms with E-state index < -0.39 is 0 Å². The number of hydrogen-bond acceptors (Lipinski definition) is 3. The van der Waals surface area contributed by atoms with Crippen molar-refractivity contribution in [1.29, 1.82) is 0 Å². The van der Waals surface area contributed by atoms with E-state index >= 15 is 0 Å². The van der Waals surface area contributed by atoms with Crippen LogP contribution >= 0.6 is 0 Å². The average molecular weight is 259 g/mol. The van der Waals surface area contributed by atoms with Gasteiger partial charge in [0.15, 0.2) is 0 Å². The summed E-state index contributed by atoms with van der Waals surface area (Å²) in [4.78, 5) is 19.4. The minimum atomic E-state index is -0.257. The van der Waals surface area contributed by atoms with Gasteiger partial charge in [0.2, 0.25) is 0 Å². The van der Waals surface area contributed by atoms with Crippen LogP contribution in [0.1, 0.15) is 21.6 Å². The van der Waals surface area contributed by atoms with Crippen LogP contribution in [0.2, 0.25) is 0 Å². The summed E-state index contributed by atoms with van der Waals surface area (Å²) in [5.74, 6) is -0.473. The van der Waals surface area contributed by atoms with Gasteiger partial charge in [0.1, 0.15) is 11.5 Å². The minimum Gasteiger partial charge on any atom is -0.350 e. The van der Waals surface area contributed by atoms with Crippen LogP contribution in [0.15, 0.2) is 36.8 Å². The summed E-state index contributed by atoms with van der Waals surface area (Å²) in [6.45, 7) is 2.19. The van der Waals surface area contributed by atoms with Crippen molar-refractivity contribution >= 4 is 5.91 Å². The number of carbonyl (C=O) groups is 1. The van der Waals surface area contributed by atoms with Gasteiger partial charge in [0, 0.05) is 18.9 Å². The first kappa shape index (κ1) is 13.1. The highest BCUT2D eigenvalue weighted by atomic mass is 19.1. The molecule has 0 unspecified atom stereocenters. The summed E-state index contributed by atoms with van der Waals surface area (Å²) in [5.41, 5.74) is 1.88. The molecule has 0 radical (unpaired) electrons. The van der Waals surface area contributed by atoms with E-state index in [0.717, 1.165) is 5.56 Å². The highest BCUT2D eigenvalue weighted by Gasteiger charge is 2.06. The number of rotatable bonds is 4. The number of nitrogens with zero attached hydrogens (tertiary/aromatic N) is 2. The largest absolute Gasteiger partial charge is 0.350 e. The molecule has 0 atom stereocenters. The predicted molar refractivity (Wildman–Crippen MR) is 69.2 cm³/mol. The fourth-order valence-electron chi connectivity index (χ4n) is 1.69. The lowest BCUT2D eigenvalue weighted by atomic mass is 10.1. The molecule has 1 amide bonds. The van der Waals surface area contributed by atoms with Crippen LogP contribution in [-0.4, -0.2) is 22.4 Å². The molecule has 0 fully saturated rings. The van der Waals surface area contributed by atoms with Crippen LogP contribution in [0.3, 0.4) is 0 Å². The summed E-state index contributed by atoms with van der Waals surface area (Å²) >= 11 is 0. The number of halogens is 1. The van der Waals surface area contributed by atoms with E-state index in [9.17, 15) is 9.18 Å². The van der Waals surface area contributed by atoms with Crippen LogP contribution in [0, 0.1) is 12.7 Å². The SMILES string of the molecule is Cc1cc(CCNC(=O)c2cnccn2)ccc1F. The van der Waals surface area contributed by atoms with Crippen molar-refractivity contribution in [2.24, 2.45) is 0 Å². The van der Waals surface area contributed by atoms with Gasteiger partial charge in [-0.2, -0.15) is 0 Å². The van der Waals surface area contributed by atoms with Gasteiger partial charge in [-0.05, 0) is 30.5 Å². The molecule has 0 bridgehead atoms. The Bertz CT molecular complexity index is 572. The number of aromatic nitrogens is 2. The van der Waals surface area contributed by atoms with E-state index in [1.807, 2.05) is 0 Å². The van der Waals surface area contributed by atoms with E-state index in [4.69, 9.17) is 0 Å². The molecule has 0 aliphatic rings. The van der Waals surface area contributed by atoms with Crippen LogP contribution in [0.4, 0.5) is 4.39 Å². The third kappa shape index (κ3) is 3.58. The molecule has 2 aromatic rings. The standard InChI is InChI=1S/C14H14FN3O/c1-10-8-11(2-3-12(10)15)4-5-18-14(19)13-9-16-6-7-17-13/h2-3,6-9H,4-5H2,1H3,(H,18,19). The molecule has 5 heteroatoms. The van der Waals surface area contributed by atoms with Gasteiger partial charge < -0.3 is 5.32 Å². The van der Waals surface area contributed by atoms with Gasteiger partial charge in [-0.1, -0.05) is 12.1 Å². The summed E-state index contributed by atoms with van der Waals surface area (Å²) in [7, 11) is 0. The van der Waals surface area contributed by atoms with E-state index in [0.29, 0.717) is 18.5 Å². The van der Waals surface area contributed by atoms with Crippen LogP contribution in [0.25, 0.3) is 0 Å². The molecular weight excluding hydrogens is 245 g/mol. The number of amides is 1. The Balaban J connectivity index is 1.87. The lowest BCUT2D eigenvalue weighted by Crippen LogP contribution is -2.26.